The standard InChI is InChI=1S/C12H17ClN2O3S/c1-9-4-3-7-15(8-9)19(17,18)14-11-6-2-5-10(13)12(11)16/h2,5-6,9,14,16H,3-4,7-8H2,1H3. The highest BCUT2D eigenvalue weighted by Crippen LogP contribution is 2.32. The Hall–Kier alpha value is -0.980. The molecular formula is C12H17ClN2O3S. The zero-order chi connectivity index (χ0) is 14.0. The summed E-state index contributed by atoms with van der Waals surface area (Å²) in [7, 11) is -3.64. The van der Waals surface area contributed by atoms with E-state index in [9.17, 15) is 13.5 Å². The summed E-state index contributed by atoms with van der Waals surface area (Å²) in [4.78, 5) is 0. The molecule has 5 nitrogen and oxygen atoms in total. The smallest absolute Gasteiger partial charge is 0.301 e. The molecule has 0 bridgehead atoms. The Balaban J connectivity index is 2.19. The molecular weight excluding hydrogens is 288 g/mol. The molecule has 0 radical (unpaired) electrons. The highest BCUT2D eigenvalue weighted by Gasteiger charge is 2.27. The van der Waals surface area contributed by atoms with Gasteiger partial charge >= 0.3 is 10.2 Å². The van der Waals surface area contributed by atoms with Crippen LogP contribution >= 0.6 is 11.6 Å². The summed E-state index contributed by atoms with van der Waals surface area (Å²) in [5, 5.41) is 9.85. The van der Waals surface area contributed by atoms with Gasteiger partial charge in [-0.05, 0) is 30.9 Å². The van der Waals surface area contributed by atoms with Gasteiger partial charge in [-0.3, -0.25) is 4.72 Å². The van der Waals surface area contributed by atoms with Crippen LogP contribution in [0.1, 0.15) is 19.8 Å². The van der Waals surface area contributed by atoms with Gasteiger partial charge in [0.1, 0.15) is 0 Å². The van der Waals surface area contributed by atoms with Crippen LogP contribution in [0.4, 0.5) is 5.69 Å². The lowest BCUT2D eigenvalue weighted by Crippen LogP contribution is -2.42. The number of aromatic hydroxyl groups is 1. The predicted octanol–water partition coefficient (Wildman–Crippen LogP) is 2.43. The summed E-state index contributed by atoms with van der Waals surface area (Å²) >= 11 is 5.75. The van der Waals surface area contributed by atoms with Crippen LogP contribution in [-0.2, 0) is 10.2 Å². The third kappa shape index (κ3) is 3.32. The van der Waals surface area contributed by atoms with Crippen LogP contribution in [0.2, 0.25) is 5.02 Å². The number of benzene rings is 1. The number of anilines is 1. The molecule has 1 fully saturated rings. The summed E-state index contributed by atoms with van der Waals surface area (Å²) in [5.74, 6) is 0.0936. The molecule has 1 atom stereocenters. The van der Waals surface area contributed by atoms with Gasteiger partial charge in [-0.2, -0.15) is 12.7 Å². The number of nitrogens with zero attached hydrogens (tertiary/aromatic N) is 1. The first-order valence-electron chi connectivity index (χ1n) is 6.15. The van der Waals surface area contributed by atoms with Crippen molar-refractivity contribution >= 4 is 27.5 Å². The summed E-state index contributed by atoms with van der Waals surface area (Å²) in [6, 6.07) is 4.56. The van der Waals surface area contributed by atoms with Gasteiger partial charge in [-0.1, -0.05) is 24.6 Å². The van der Waals surface area contributed by atoms with Crippen molar-refractivity contribution in [3.63, 3.8) is 0 Å². The first-order chi connectivity index (χ1) is 8.90. The van der Waals surface area contributed by atoms with E-state index in [1.165, 1.54) is 16.4 Å². The molecule has 1 heterocycles. The molecule has 1 saturated heterocycles. The Morgan fingerprint density at radius 1 is 1.47 bits per heavy atom. The molecule has 1 aliphatic rings. The average Bonchev–Trinajstić information content (AvgIpc) is 2.35. The zero-order valence-electron chi connectivity index (χ0n) is 10.6. The average molecular weight is 305 g/mol. The molecule has 0 aromatic heterocycles. The Morgan fingerprint density at radius 3 is 2.89 bits per heavy atom. The summed E-state index contributed by atoms with van der Waals surface area (Å²) < 4.78 is 28.2. The number of phenolic OH excluding ortho intramolecular Hbond substituents is 1. The number of phenols is 1. The van der Waals surface area contributed by atoms with Crippen molar-refractivity contribution in [3.8, 4) is 5.75 Å². The minimum Gasteiger partial charge on any atom is -0.504 e. The molecule has 19 heavy (non-hydrogen) atoms. The van der Waals surface area contributed by atoms with Crippen molar-refractivity contribution in [2.24, 2.45) is 5.92 Å². The first-order valence-corrected chi connectivity index (χ1v) is 7.97. The molecule has 1 aromatic carbocycles. The fraction of sp³-hybridized carbons (Fsp3) is 0.500. The van der Waals surface area contributed by atoms with Gasteiger partial charge in [0.05, 0.1) is 10.7 Å². The van der Waals surface area contributed by atoms with Gasteiger partial charge in [0, 0.05) is 13.1 Å². The lowest BCUT2D eigenvalue weighted by atomic mass is 10.0. The van der Waals surface area contributed by atoms with Crippen LogP contribution in [0.25, 0.3) is 0 Å². The Labute approximate surface area is 118 Å². The van der Waals surface area contributed by atoms with E-state index in [1.54, 1.807) is 6.07 Å². The Bertz CT molecular complexity index is 562. The van der Waals surface area contributed by atoms with Gasteiger partial charge in [0.25, 0.3) is 0 Å². The second-order valence-electron chi connectivity index (χ2n) is 4.85. The van der Waals surface area contributed by atoms with Crippen LogP contribution < -0.4 is 4.72 Å². The van der Waals surface area contributed by atoms with Crippen molar-refractivity contribution in [1.82, 2.24) is 4.31 Å². The van der Waals surface area contributed by atoms with Gasteiger partial charge < -0.3 is 5.11 Å². The Morgan fingerprint density at radius 2 is 2.21 bits per heavy atom. The maximum atomic E-state index is 12.2. The number of rotatable bonds is 3. The summed E-state index contributed by atoms with van der Waals surface area (Å²) in [5.41, 5.74) is 0.103. The van der Waals surface area contributed by atoms with Crippen LogP contribution in [-0.4, -0.2) is 30.9 Å². The van der Waals surface area contributed by atoms with Crippen molar-refractivity contribution in [1.29, 1.82) is 0 Å². The van der Waals surface area contributed by atoms with Crippen LogP contribution in [0.5, 0.6) is 5.75 Å². The fourth-order valence-corrected chi connectivity index (χ4v) is 3.73. The van der Waals surface area contributed by atoms with Gasteiger partial charge in [0.15, 0.2) is 5.75 Å². The van der Waals surface area contributed by atoms with Crippen molar-refractivity contribution in [2.75, 3.05) is 17.8 Å². The minimum absolute atomic E-state index is 0.103. The van der Waals surface area contributed by atoms with E-state index < -0.39 is 10.2 Å². The lowest BCUT2D eigenvalue weighted by Gasteiger charge is -2.30. The predicted molar refractivity (Wildman–Crippen MR) is 75.6 cm³/mol. The van der Waals surface area contributed by atoms with Gasteiger partial charge in [-0.25, -0.2) is 0 Å². The molecule has 7 heteroatoms. The van der Waals surface area contributed by atoms with E-state index in [4.69, 9.17) is 11.6 Å². The van der Waals surface area contributed by atoms with E-state index in [0.29, 0.717) is 19.0 Å². The Kier molecular flexibility index (Phi) is 4.23. The van der Waals surface area contributed by atoms with E-state index in [-0.39, 0.29) is 16.5 Å². The SMILES string of the molecule is CC1CCCN(S(=O)(=O)Nc2cccc(Cl)c2O)C1. The molecule has 2 N–H and O–H groups in total. The highest BCUT2D eigenvalue weighted by atomic mass is 35.5. The molecule has 0 aliphatic carbocycles. The first kappa shape index (κ1) is 14.4. The van der Waals surface area contributed by atoms with E-state index in [1.807, 2.05) is 6.92 Å². The summed E-state index contributed by atoms with van der Waals surface area (Å²) in [6.07, 6.45) is 1.89. The van der Waals surface area contributed by atoms with Crippen molar-refractivity contribution < 1.29 is 13.5 Å². The molecule has 1 unspecified atom stereocenters. The molecule has 106 valence electrons. The third-order valence-corrected chi connectivity index (χ3v) is 4.98. The second-order valence-corrected chi connectivity index (χ2v) is 6.93. The number of hydrogen-bond acceptors (Lipinski definition) is 3. The summed E-state index contributed by atoms with van der Waals surface area (Å²) in [6.45, 7) is 3.02. The minimum atomic E-state index is -3.64. The topological polar surface area (TPSA) is 69.6 Å². The lowest BCUT2D eigenvalue weighted by molar-refractivity contribution is 0.282. The maximum Gasteiger partial charge on any atom is 0.301 e. The number of para-hydroxylation sites is 1. The highest BCUT2D eigenvalue weighted by molar-refractivity contribution is 7.90. The largest absolute Gasteiger partial charge is 0.504 e. The van der Waals surface area contributed by atoms with E-state index in [0.717, 1.165) is 12.8 Å². The quantitative estimate of drug-likeness (QED) is 0.843. The number of nitrogens with one attached hydrogen (secondary N) is 1. The normalized spacial score (nSPS) is 21.3. The van der Waals surface area contributed by atoms with Crippen molar-refractivity contribution in [2.45, 2.75) is 19.8 Å². The third-order valence-electron chi connectivity index (χ3n) is 3.19. The second kappa shape index (κ2) is 5.56. The monoisotopic (exact) mass is 304 g/mol. The molecule has 2 rings (SSSR count). The molecule has 0 spiro atoms. The number of hydrogen-bond donors (Lipinski definition) is 2. The number of piperidine rings is 1. The maximum absolute atomic E-state index is 12.2. The van der Waals surface area contributed by atoms with Crippen LogP contribution in [0.15, 0.2) is 18.2 Å². The van der Waals surface area contributed by atoms with E-state index >= 15 is 0 Å². The van der Waals surface area contributed by atoms with Crippen molar-refractivity contribution in [3.05, 3.63) is 23.2 Å². The van der Waals surface area contributed by atoms with Crippen LogP contribution in [0.3, 0.4) is 0 Å². The van der Waals surface area contributed by atoms with Gasteiger partial charge in [0.2, 0.25) is 0 Å². The molecule has 1 aliphatic heterocycles. The van der Waals surface area contributed by atoms with Crippen LogP contribution in [0, 0.1) is 5.92 Å². The number of halogens is 1. The molecule has 0 saturated carbocycles. The molecule has 1 aromatic rings. The van der Waals surface area contributed by atoms with Gasteiger partial charge in [-0.15, -0.1) is 0 Å². The van der Waals surface area contributed by atoms with E-state index in [2.05, 4.69) is 4.72 Å². The molecule has 0 amide bonds. The zero-order valence-corrected chi connectivity index (χ0v) is 12.2. The fourth-order valence-electron chi connectivity index (χ4n) is 2.17.